The molecule has 4 nitrogen and oxygen atoms in total. The summed E-state index contributed by atoms with van der Waals surface area (Å²) < 4.78 is 25.9. The van der Waals surface area contributed by atoms with Crippen LogP contribution >= 0.6 is 0 Å². The van der Waals surface area contributed by atoms with Gasteiger partial charge in [0.15, 0.2) is 5.60 Å². The summed E-state index contributed by atoms with van der Waals surface area (Å²) in [4.78, 5) is 15.8. The molecular weight excluding hydrogens is 345 g/mol. The van der Waals surface area contributed by atoms with E-state index in [9.17, 15) is 9.18 Å². The first kappa shape index (κ1) is 17.6. The van der Waals surface area contributed by atoms with Gasteiger partial charge in [0, 0.05) is 13.7 Å². The van der Waals surface area contributed by atoms with Crippen molar-refractivity contribution in [3.05, 3.63) is 35.7 Å². The minimum Gasteiger partial charge on any atom is -0.450 e. The molecule has 3 saturated heterocycles. The van der Waals surface area contributed by atoms with Crippen LogP contribution < -0.4 is 0 Å². The lowest BCUT2D eigenvalue weighted by atomic mass is 9.59. The molecule has 1 saturated carbocycles. The number of piperidine rings is 1. The zero-order valence-corrected chi connectivity index (χ0v) is 16.0. The number of carbonyl (C=O) groups is 1. The molecule has 0 amide bonds. The van der Waals surface area contributed by atoms with Gasteiger partial charge in [0.1, 0.15) is 11.2 Å². The summed E-state index contributed by atoms with van der Waals surface area (Å²) in [6, 6.07) is 0.251. The molecule has 5 aliphatic rings. The van der Waals surface area contributed by atoms with E-state index in [1.807, 2.05) is 12.2 Å². The zero-order chi connectivity index (χ0) is 18.6. The van der Waals surface area contributed by atoms with Crippen molar-refractivity contribution in [1.82, 2.24) is 4.90 Å². The van der Waals surface area contributed by atoms with Crippen molar-refractivity contribution in [2.45, 2.75) is 62.7 Å². The molecular formula is C22H28FNO3. The van der Waals surface area contributed by atoms with E-state index < -0.39 is 11.0 Å². The molecule has 146 valence electrons. The van der Waals surface area contributed by atoms with Gasteiger partial charge < -0.3 is 9.47 Å². The smallest absolute Gasteiger partial charge is 0.321 e. The lowest BCUT2D eigenvalue weighted by Crippen LogP contribution is -2.71. The van der Waals surface area contributed by atoms with Gasteiger partial charge in [-0.3, -0.25) is 9.69 Å². The van der Waals surface area contributed by atoms with Crippen LogP contribution in [0.3, 0.4) is 0 Å². The van der Waals surface area contributed by atoms with Crippen LogP contribution in [0.15, 0.2) is 35.7 Å². The number of hydrogen-bond donors (Lipinski definition) is 0. The quantitative estimate of drug-likeness (QED) is 0.692. The van der Waals surface area contributed by atoms with E-state index in [1.54, 1.807) is 7.11 Å². The molecule has 27 heavy (non-hydrogen) atoms. The molecule has 5 rings (SSSR count). The summed E-state index contributed by atoms with van der Waals surface area (Å²) in [6.07, 6.45) is 14.1. The fraction of sp³-hybridized carbons (Fsp3) is 0.682. The fourth-order valence-corrected chi connectivity index (χ4v) is 6.28. The van der Waals surface area contributed by atoms with E-state index in [-0.39, 0.29) is 29.9 Å². The minimum absolute atomic E-state index is 0.148. The van der Waals surface area contributed by atoms with E-state index in [1.165, 1.54) is 25.0 Å². The van der Waals surface area contributed by atoms with E-state index in [4.69, 9.17) is 9.47 Å². The van der Waals surface area contributed by atoms with Gasteiger partial charge in [0.2, 0.25) is 0 Å². The third-order valence-electron chi connectivity index (χ3n) is 7.67. The molecule has 3 aliphatic heterocycles. The molecule has 0 aromatic rings. The van der Waals surface area contributed by atoms with Crippen molar-refractivity contribution in [1.29, 1.82) is 0 Å². The van der Waals surface area contributed by atoms with E-state index >= 15 is 0 Å². The second kappa shape index (κ2) is 6.28. The maximum atomic E-state index is 14.2. The van der Waals surface area contributed by atoms with Crippen molar-refractivity contribution in [3.8, 4) is 0 Å². The van der Waals surface area contributed by atoms with Crippen LogP contribution in [0.2, 0.25) is 0 Å². The molecule has 0 radical (unpaired) electrons. The SMILES string of the molecule is COC1CCC(C23C=CC(F)=CC=C2C2(CN4CCCCC42)OC3=O)CC1. The standard InChI is InChI=1S/C22H28FNO3/c1-26-17-8-5-15(6-9-17)21-12-11-16(23)7-10-18(21)22(27-20(21)25)14-24-13-3-2-4-19(22)24/h7,10-12,15,17,19H,2-6,8-9,13-14H2,1H3. The first-order valence-electron chi connectivity index (χ1n) is 10.4. The Hall–Kier alpha value is -1.46. The van der Waals surface area contributed by atoms with Crippen molar-refractivity contribution >= 4 is 5.97 Å². The van der Waals surface area contributed by atoms with E-state index in [2.05, 4.69) is 4.90 Å². The summed E-state index contributed by atoms with van der Waals surface area (Å²) in [5, 5.41) is 0. The van der Waals surface area contributed by atoms with Crippen LogP contribution in [0, 0.1) is 11.3 Å². The van der Waals surface area contributed by atoms with Crippen LogP contribution in [-0.2, 0) is 14.3 Å². The first-order valence-corrected chi connectivity index (χ1v) is 10.4. The summed E-state index contributed by atoms with van der Waals surface area (Å²) in [6.45, 7) is 1.83. The number of esters is 1. The summed E-state index contributed by atoms with van der Waals surface area (Å²) in [5.41, 5.74) is -0.360. The number of rotatable bonds is 2. The number of nitrogens with zero attached hydrogens (tertiary/aromatic N) is 1. The molecule has 0 aromatic carbocycles. The molecule has 5 heteroatoms. The number of allylic oxidation sites excluding steroid dienone is 4. The summed E-state index contributed by atoms with van der Waals surface area (Å²) in [5.74, 6) is -0.306. The number of fused-ring (bicyclic) bond motifs is 4. The molecule has 0 N–H and O–H groups in total. The van der Waals surface area contributed by atoms with Crippen molar-refractivity contribution < 1.29 is 18.7 Å². The molecule has 0 bridgehead atoms. The number of methoxy groups -OCH3 is 1. The molecule has 3 heterocycles. The summed E-state index contributed by atoms with van der Waals surface area (Å²) >= 11 is 0. The highest BCUT2D eigenvalue weighted by molar-refractivity contribution is 5.89. The van der Waals surface area contributed by atoms with E-state index in [0.717, 1.165) is 50.8 Å². The van der Waals surface area contributed by atoms with Crippen molar-refractivity contribution in [2.75, 3.05) is 20.2 Å². The molecule has 0 aromatic heterocycles. The van der Waals surface area contributed by atoms with Gasteiger partial charge in [0.05, 0.1) is 12.1 Å². The minimum atomic E-state index is -0.813. The maximum absolute atomic E-state index is 14.2. The fourth-order valence-electron chi connectivity index (χ4n) is 6.28. The van der Waals surface area contributed by atoms with Crippen LogP contribution in [-0.4, -0.2) is 48.8 Å². The van der Waals surface area contributed by atoms with Gasteiger partial charge in [-0.05, 0) is 68.7 Å². The molecule has 3 unspecified atom stereocenters. The predicted molar refractivity (Wildman–Crippen MR) is 99.6 cm³/mol. The highest BCUT2D eigenvalue weighted by Crippen LogP contribution is 2.61. The largest absolute Gasteiger partial charge is 0.450 e. The number of halogens is 1. The highest BCUT2D eigenvalue weighted by atomic mass is 19.1. The lowest BCUT2D eigenvalue weighted by molar-refractivity contribution is -0.181. The molecule has 1 spiro atoms. The van der Waals surface area contributed by atoms with Crippen LogP contribution in [0.4, 0.5) is 4.39 Å². The normalized spacial score (nSPS) is 43.9. The highest BCUT2D eigenvalue weighted by Gasteiger charge is 2.70. The first-order chi connectivity index (χ1) is 13.1. The Labute approximate surface area is 160 Å². The Bertz CT molecular complexity index is 736. The molecule has 4 fully saturated rings. The Morgan fingerprint density at radius 1 is 1.19 bits per heavy atom. The molecule has 3 atom stereocenters. The zero-order valence-electron chi connectivity index (χ0n) is 16.0. The van der Waals surface area contributed by atoms with Gasteiger partial charge in [-0.25, -0.2) is 4.39 Å². The van der Waals surface area contributed by atoms with Crippen molar-refractivity contribution in [2.24, 2.45) is 11.3 Å². The number of ether oxygens (including phenoxy) is 2. The predicted octanol–water partition coefficient (Wildman–Crippen LogP) is 3.69. The van der Waals surface area contributed by atoms with Gasteiger partial charge in [-0.15, -0.1) is 0 Å². The second-order valence-corrected chi connectivity index (χ2v) is 8.80. The Morgan fingerprint density at radius 2 is 2.00 bits per heavy atom. The second-order valence-electron chi connectivity index (χ2n) is 8.80. The van der Waals surface area contributed by atoms with Crippen LogP contribution in [0.1, 0.15) is 44.9 Å². The van der Waals surface area contributed by atoms with Crippen LogP contribution in [0.5, 0.6) is 0 Å². The van der Waals surface area contributed by atoms with Crippen molar-refractivity contribution in [3.63, 3.8) is 0 Å². The number of carbonyl (C=O) groups excluding carboxylic acids is 1. The monoisotopic (exact) mass is 373 g/mol. The third kappa shape index (κ3) is 2.37. The number of hydrogen-bond acceptors (Lipinski definition) is 4. The van der Waals surface area contributed by atoms with Gasteiger partial charge in [-0.2, -0.15) is 0 Å². The topological polar surface area (TPSA) is 38.8 Å². The van der Waals surface area contributed by atoms with Gasteiger partial charge >= 0.3 is 5.97 Å². The average Bonchev–Trinajstić information content (AvgIpc) is 2.81. The van der Waals surface area contributed by atoms with Gasteiger partial charge in [-0.1, -0.05) is 18.6 Å². The lowest BCUT2D eigenvalue weighted by Gasteiger charge is -2.57. The Kier molecular flexibility index (Phi) is 4.10. The maximum Gasteiger partial charge on any atom is 0.321 e. The average molecular weight is 373 g/mol. The molecule has 2 aliphatic carbocycles. The summed E-state index contributed by atoms with van der Waals surface area (Å²) in [7, 11) is 1.75. The van der Waals surface area contributed by atoms with Crippen LogP contribution in [0.25, 0.3) is 0 Å². The Balaban J connectivity index is 1.55. The van der Waals surface area contributed by atoms with Gasteiger partial charge in [0.25, 0.3) is 0 Å². The van der Waals surface area contributed by atoms with E-state index in [0.29, 0.717) is 0 Å². The third-order valence-corrected chi connectivity index (χ3v) is 7.67. The Morgan fingerprint density at radius 3 is 2.74 bits per heavy atom.